The summed E-state index contributed by atoms with van der Waals surface area (Å²) < 4.78 is 0. The molecule has 0 spiro atoms. The molecule has 60 valence electrons. The largest absolute Gasteiger partial charge is 0.396 e. The lowest BCUT2D eigenvalue weighted by Gasteiger charge is -2.15. The molecule has 3 N–H and O–H groups in total. The first kappa shape index (κ1) is 9.39. The van der Waals surface area contributed by atoms with Crippen molar-refractivity contribution >= 4 is 5.91 Å². The Labute approximate surface area is 60.6 Å². The molecular formula is C6H14N2O2. The van der Waals surface area contributed by atoms with Gasteiger partial charge in [-0.05, 0) is 6.42 Å². The number of aliphatic hydroxyl groups is 1. The topological polar surface area (TPSA) is 66.6 Å². The van der Waals surface area contributed by atoms with Gasteiger partial charge in [0.25, 0.3) is 0 Å². The Kier molecular flexibility index (Phi) is 3.99. The van der Waals surface area contributed by atoms with Crippen molar-refractivity contribution in [3.63, 3.8) is 0 Å². The summed E-state index contributed by atoms with van der Waals surface area (Å²) in [6.45, 7) is -0.0409. The second kappa shape index (κ2) is 4.24. The zero-order valence-electron chi connectivity index (χ0n) is 6.37. The van der Waals surface area contributed by atoms with E-state index < -0.39 is 6.04 Å². The number of hydrogen-bond acceptors (Lipinski definition) is 3. The maximum Gasteiger partial charge on any atom is 0.239 e. The Hall–Kier alpha value is -0.610. The van der Waals surface area contributed by atoms with Gasteiger partial charge in [-0.1, -0.05) is 0 Å². The lowest BCUT2D eigenvalue weighted by atomic mass is 10.2. The summed E-state index contributed by atoms with van der Waals surface area (Å²) in [4.78, 5) is 12.3. The smallest absolute Gasteiger partial charge is 0.239 e. The normalized spacial score (nSPS) is 12.8. The van der Waals surface area contributed by atoms with E-state index in [-0.39, 0.29) is 12.5 Å². The fourth-order valence-corrected chi connectivity index (χ4v) is 0.594. The molecule has 4 heteroatoms. The Balaban J connectivity index is 3.71. The lowest BCUT2D eigenvalue weighted by Crippen LogP contribution is -2.40. The van der Waals surface area contributed by atoms with Crippen LogP contribution < -0.4 is 5.73 Å². The third-order valence-electron chi connectivity index (χ3n) is 1.20. The Morgan fingerprint density at radius 1 is 1.70 bits per heavy atom. The molecule has 0 aliphatic heterocycles. The van der Waals surface area contributed by atoms with Gasteiger partial charge in [0, 0.05) is 20.7 Å². The molecule has 0 unspecified atom stereocenters. The maximum absolute atomic E-state index is 10.9. The molecule has 4 nitrogen and oxygen atoms in total. The van der Waals surface area contributed by atoms with Crippen molar-refractivity contribution < 1.29 is 9.90 Å². The molecule has 0 saturated carbocycles. The molecule has 1 atom stereocenters. The summed E-state index contributed by atoms with van der Waals surface area (Å²) in [7, 11) is 3.28. The van der Waals surface area contributed by atoms with E-state index in [1.165, 1.54) is 4.90 Å². The third-order valence-corrected chi connectivity index (χ3v) is 1.20. The molecule has 0 aliphatic rings. The summed E-state index contributed by atoms with van der Waals surface area (Å²) in [6, 6.07) is -0.556. The van der Waals surface area contributed by atoms with Crippen molar-refractivity contribution in [3.8, 4) is 0 Å². The van der Waals surface area contributed by atoms with Gasteiger partial charge in [0.2, 0.25) is 5.91 Å². The number of carbonyl (C=O) groups excluding carboxylic acids is 1. The van der Waals surface area contributed by atoms with Crippen molar-refractivity contribution in [2.24, 2.45) is 5.73 Å². The number of aliphatic hydroxyl groups excluding tert-OH is 1. The quantitative estimate of drug-likeness (QED) is 0.524. The fraction of sp³-hybridized carbons (Fsp3) is 0.833. The number of amides is 1. The number of nitrogens with zero attached hydrogens (tertiary/aromatic N) is 1. The van der Waals surface area contributed by atoms with Gasteiger partial charge < -0.3 is 15.7 Å². The molecule has 0 heterocycles. The van der Waals surface area contributed by atoms with Gasteiger partial charge in [-0.25, -0.2) is 0 Å². The van der Waals surface area contributed by atoms with Gasteiger partial charge >= 0.3 is 0 Å². The van der Waals surface area contributed by atoms with Gasteiger partial charge in [-0.15, -0.1) is 0 Å². The van der Waals surface area contributed by atoms with Crippen LogP contribution >= 0.6 is 0 Å². The van der Waals surface area contributed by atoms with Crippen molar-refractivity contribution in [3.05, 3.63) is 0 Å². The highest BCUT2D eigenvalue weighted by atomic mass is 16.3. The Bertz CT molecular complexity index is 114. The summed E-state index contributed by atoms with van der Waals surface area (Å²) in [6.07, 6.45) is 0.330. The fourth-order valence-electron chi connectivity index (χ4n) is 0.594. The minimum absolute atomic E-state index is 0.0409. The molecular weight excluding hydrogens is 132 g/mol. The van der Waals surface area contributed by atoms with Crippen LogP contribution in [0.4, 0.5) is 0 Å². The highest BCUT2D eigenvalue weighted by molar-refractivity contribution is 5.81. The van der Waals surface area contributed by atoms with E-state index in [0.29, 0.717) is 6.42 Å². The van der Waals surface area contributed by atoms with E-state index in [9.17, 15) is 4.79 Å². The second-order valence-corrected chi connectivity index (χ2v) is 2.35. The van der Waals surface area contributed by atoms with E-state index in [1.54, 1.807) is 14.1 Å². The zero-order chi connectivity index (χ0) is 8.15. The minimum atomic E-state index is -0.556. The van der Waals surface area contributed by atoms with E-state index in [0.717, 1.165) is 0 Å². The molecule has 0 aromatic carbocycles. The van der Waals surface area contributed by atoms with Gasteiger partial charge in [0.1, 0.15) is 0 Å². The summed E-state index contributed by atoms with van der Waals surface area (Å²) >= 11 is 0. The van der Waals surface area contributed by atoms with E-state index in [4.69, 9.17) is 10.8 Å². The van der Waals surface area contributed by atoms with Crippen LogP contribution in [0.5, 0.6) is 0 Å². The maximum atomic E-state index is 10.9. The van der Waals surface area contributed by atoms with E-state index in [2.05, 4.69) is 0 Å². The average molecular weight is 146 g/mol. The first-order valence-electron chi connectivity index (χ1n) is 3.17. The Morgan fingerprint density at radius 2 is 2.20 bits per heavy atom. The van der Waals surface area contributed by atoms with Gasteiger partial charge in [0.15, 0.2) is 0 Å². The highest BCUT2D eigenvalue weighted by Gasteiger charge is 2.13. The second-order valence-electron chi connectivity index (χ2n) is 2.35. The molecule has 10 heavy (non-hydrogen) atoms. The van der Waals surface area contributed by atoms with Crippen molar-refractivity contribution in [2.75, 3.05) is 20.7 Å². The van der Waals surface area contributed by atoms with Crippen LogP contribution in [-0.2, 0) is 4.79 Å². The summed E-state index contributed by atoms with van der Waals surface area (Å²) in [5.74, 6) is -0.144. The van der Waals surface area contributed by atoms with Crippen molar-refractivity contribution in [1.82, 2.24) is 4.90 Å². The van der Waals surface area contributed by atoms with E-state index >= 15 is 0 Å². The van der Waals surface area contributed by atoms with Crippen LogP contribution in [0.15, 0.2) is 0 Å². The molecule has 0 aromatic rings. The predicted octanol–water partition coefficient (Wildman–Crippen LogP) is -1.22. The first-order valence-corrected chi connectivity index (χ1v) is 3.17. The molecule has 0 radical (unpaired) electrons. The predicted molar refractivity (Wildman–Crippen MR) is 38.4 cm³/mol. The number of likely N-dealkylation sites (N-methyl/N-ethyl adjacent to an activating group) is 1. The van der Waals surface area contributed by atoms with E-state index in [1.807, 2.05) is 0 Å². The van der Waals surface area contributed by atoms with Crippen LogP contribution in [0.1, 0.15) is 6.42 Å². The molecule has 0 bridgehead atoms. The Morgan fingerprint density at radius 3 is 2.50 bits per heavy atom. The molecule has 0 rings (SSSR count). The average Bonchev–Trinajstić information content (AvgIpc) is 1.87. The van der Waals surface area contributed by atoms with Crippen LogP contribution in [0.25, 0.3) is 0 Å². The molecule has 1 amide bonds. The SMILES string of the molecule is CN(C)C(=O)[C@H](N)CCO. The molecule has 0 aromatic heterocycles. The van der Waals surface area contributed by atoms with Gasteiger partial charge in [-0.3, -0.25) is 4.79 Å². The summed E-state index contributed by atoms with van der Waals surface area (Å²) in [5.41, 5.74) is 5.38. The third kappa shape index (κ3) is 2.80. The number of hydrogen-bond donors (Lipinski definition) is 2. The molecule has 0 saturated heterocycles. The zero-order valence-corrected chi connectivity index (χ0v) is 6.37. The van der Waals surface area contributed by atoms with Crippen molar-refractivity contribution in [2.45, 2.75) is 12.5 Å². The van der Waals surface area contributed by atoms with Crippen LogP contribution in [0.3, 0.4) is 0 Å². The highest BCUT2D eigenvalue weighted by Crippen LogP contribution is 1.90. The van der Waals surface area contributed by atoms with Gasteiger partial charge in [0.05, 0.1) is 6.04 Å². The van der Waals surface area contributed by atoms with Crippen LogP contribution in [-0.4, -0.2) is 42.7 Å². The van der Waals surface area contributed by atoms with Gasteiger partial charge in [-0.2, -0.15) is 0 Å². The van der Waals surface area contributed by atoms with Crippen LogP contribution in [0, 0.1) is 0 Å². The summed E-state index contributed by atoms with van der Waals surface area (Å²) in [5, 5.41) is 8.42. The first-order chi connectivity index (χ1) is 4.59. The minimum Gasteiger partial charge on any atom is -0.396 e. The molecule has 0 aliphatic carbocycles. The van der Waals surface area contributed by atoms with Crippen molar-refractivity contribution in [1.29, 1.82) is 0 Å². The monoisotopic (exact) mass is 146 g/mol. The number of nitrogens with two attached hydrogens (primary N) is 1. The molecule has 0 fully saturated rings. The number of carbonyl (C=O) groups is 1. The standard InChI is InChI=1S/C6H14N2O2/c1-8(2)6(10)5(7)3-4-9/h5,9H,3-4,7H2,1-2H3/t5-/m1/s1. The number of rotatable bonds is 3. The van der Waals surface area contributed by atoms with Crippen LogP contribution in [0.2, 0.25) is 0 Å². The lowest BCUT2D eigenvalue weighted by molar-refractivity contribution is -0.130.